The zero-order valence-electron chi connectivity index (χ0n) is 10.00. The molecule has 7 heteroatoms. The first-order valence-electron chi connectivity index (χ1n) is 5.75. The van der Waals surface area contributed by atoms with Gasteiger partial charge in [-0.05, 0) is 24.1 Å². The van der Waals surface area contributed by atoms with E-state index in [2.05, 4.69) is 4.98 Å². The summed E-state index contributed by atoms with van der Waals surface area (Å²) in [6.07, 6.45) is -0.963. The number of carboxylic acids is 1. The molecule has 2 rings (SSSR count). The van der Waals surface area contributed by atoms with Crippen LogP contribution in [-0.4, -0.2) is 27.2 Å². The Kier molecular flexibility index (Phi) is 3.68. The monoisotopic (exact) mass is 266 g/mol. The van der Waals surface area contributed by atoms with Crippen molar-refractivity contribution >= 4 is 17.1 Å². The summed E-state index contributed by atoms with van der Waals surface area (Å²) in [5.74, 6) is -1.54. The molecule has 2 atom stereocenters. The van der Waals surface area contributed by atoms with Crippen molar-refractivity contribution in [2.75, 3.05) is 0 Å². The lowest BCUT2D eigenvalue weighted by Crippen LogP contribution is -2.29. The molecule has 0 saturated heterocycles. The zero-order chi connectivity index (χ0) is 14.0. The summed E-state index contributed by atoms with van der Waals surface area (Å²) in [7, 11) is 0. The molecule has 0 aliphatic carbocycles. The maximum absolute atomic E-state index is 11.0. The van der Waals surface area contributed by atoms with Crippen molar-refractivity contribution in [1.82, 2.24) is 4.98 Å². The van der Waals surface area contributed by atoms with E-state index in [4.69, 9.17) is 15.3 Å². The van der Waals surface area contributed by atoms with Crippen LogP contribution in [0, 0.1) is 0 Å². The Bertz CT molecular complexity index is 645. The van der Waals surface area contributed by atoms with Gasteiger partial charge in [-0.1, -0.05) is 6.07 Å². The number of benzene rings is 1. The van der Waals surface area contributed by atoms with Crippen molar-refractivity contribution in [3.8, 4) is 0 Å². The molecule has 0 aliphatic rings. The highest BCUT2D eigenvalue weighted by atomic mass is 16.4. The number of carboxylic acid groups (broad SMARTS) is 1. The van der Waals surface area contributed by atoms with Crippen LogP contribution < -0.4 is 11.5 Å². The van der Waals surface area contributed by atoms with Gasteiger partial charge in [-0.15, -0.1) is 0 Å². The van der Waals surface area contributed by atoms with Gasteiger partial charge in [0, 0.05) is 12.5 Å². The van der Waals surface area contributed by atoms with Crippen LogP contribution in [-0.2, 0) is 4.79 Å². The van der Waals surface area contributed by atoms with E-state index in [1.807, 2.05) is 0 Å². The van der Waals surface area contributed by atoms with Crippen LogP contribution in [0.5, 0.6) is 0 Å². The van der Waals surface area contributed by atoms with E-state index in [0.717, 1.165) is 0 Å². The lowest BCUT2D eigenvalue weighted by Gasteiger charge is -2.18. The van der Waals surface area contributed by atoms with Crippen molar-refractivity contribution in [3.05, 3.63) is 34.3 Å². The van der Waals surface area contributed by atoms with Crippen LogP contribution in [0.25, 0.3) is 11.1 Å². The number of nitrogens with two attached hydrogens (primary N) is 1. The normalized spacial score (nSPS) is 14.4. The molecule has 2 unspecified atom stereocenters. The zero-order valence-corrected chi connectivity index (χ0v) is 10.00. The molecule has 0 amide bonds. The Labute approximate surface area is 107 Å². The van der Waals surface area contributed by atoms with Crippen LogP contribution in [0.3, 0.4) is 0 Å². The van der Waals surface area contributed by atoms with Crippen LogP contribution >= 0.6 is 0 Å². The van der Waals surface area contributed by atoms with Crippen LogP contribution in [0.15, 0.2) is 27.4 Å². The molecule has 1 aromatic heterocycles. The van der Waals surface area contributed by atoms with E-state index >= 15 is 0 Å². The second kappa shape index (κ2) is 5.25. The number of hydrogen-bond acceptors (Lipinski definition) is 5. The number of aliphatic hydroxyl groups is 1. The number of nitrogens with one attached hydrogen (secondary N) is 1. The van der Waals surface area contributed by atoms with Crippen molar-refractivity contribution < 1.29 is 19.4 Å². The van der Waals surface area contributed by atoms with Crippen molar-refractivity contribution in [3.63, 3.8) is 0 Å². The van der Waals surface area contributed by atoms with E-state index in [1.165, 1.54) is 6.07 Å². The topological polar surface area (TPSA) is 130 Å². The number of aromatic nitrogens is 1. The number of aliphatic carboxylic acids is 1. The predicted molar refractivity (Wildman–Crippen MR) is 66.6 cm³/mol. The third-order valence-electron chi connectivity index (χ3n) is 2.88. The summed E-state index contributed by atoms with van der Waals surface area (Å²) in [5, 5.41) is 18.6. The average Bonchev–Trinajstić information content (AvgIpc) is 2.73. The molecule has 0 saturated carbocycles. The van der Waals surface area contributed by atoms with Gasteiger partial charge >= 0.3 is 11.7 Å². The van der Waals surface area contributed by atoms with Gasteiger partial charge in [-0.2, -0.15) is 0 Å². The van der Waals surface area contributed by atoms with Gasteiger partial charge in [0.25, 0.3) is 0 Å². The number of hydrogen-bond donors (Lipinski definition) is 4. The van der Waals surface area contributed by atoms with Crippen molar-refractivity contribution in [2.24, 2.45) is 5.73 Å². The number of aliphatic hydroxyl groups excluding tert-OH is 1. The Morgan fingerprint density at radius 3 is 2.89 bits per heavy atom. The molecule has 1 heterocycles. The highest BCUT2D eigenvalue weighted by Gasteiger charge is 2.18. The number of H-pyrrole nitrogens is 1. The maximum Gasteiger partial charge on any atom is 0.417 e. The third-order valence-corrected chi connectivity index (χ3v) is 2.88. The van der Waals surface area contributed by atoms with Gasteiger partial charge in [0.15, 0.2) is 5.58 Å². The summed E-state index contributed by atoms with van der Waals surface area (Å²) in [4.78, 5) is 23.9. The van der Waals surface area contributed by atoms with E-state index in [-0.39, 0.29) is 12.8 Å². The third kappa shape index (κ3) is 3.01. The molecule has 2 aromatic rings. The first-order chi connectivity index (χ1) is 8.97. The minimum absolute atomic E-state index is 0.111. The molecular formula is C12H14N2O5. The lowest BCUT2D eigenvalue weighted by atomic mass is 9.99. The van der Waals surface area contributed by atoms with E-state index in [1.54, 1.807) is 12.1 Å². The first-order valence-corrected chi connectivity index (χ1v) is 5.75. The molecule has 19 heavy (non-hydrogen) atoms. The molecule has 5 N–H and O–H groups in total. The standard InChI is InChI=1S/C12H14N2O5/c13-7(2-4-10(15)16)11(17)6-1-3-8-9(5-6)19-12(18)14-8/h1,3,5,7,11,17H,2,4,13H2,(H,14,18)(H,15,16). The molecule has 7 nitrogen and oxygen atoms in total. The smallest absolute Gasteiger partial charge is 0.417 e. The van der Waals surface area contributed by atoms with Crippen molar-refractivity contribution in [2.45, 2.75) is 25.0 Å². The largest absolute Gasteiger partial charge is 0.481 e. The maximum atomic E-state index is 11.0. The SMILES string of the molecule is NC(CCC(=O)O)C(O)c1ccc2[nH]c(=O)oc2c1. The number of fused-ring (bicyclic) bond motifs is 1. The summed E-state index contributed by atoms with van der Waals surface area (Å²) >= 11 is 0. The molecule has 0 aliphatic heterocycles. The highest BCUT2D eigenvalue weighted by molar-refractivity contribution is 5.72. The molecular weight excluding hydrogens is 252 g/mol. The van der Waals surface area contributed by atoms with Gasteiger partial charge < -0.3 is 20.4 Å². The fraction of sp³-hybridized carbons (Fsp3) is 0.333. The van der Waals surface area contributed by atoms with E-state index in [9.17, 15) is 14.7 Å². The lowest BCUT2D eigenvalue weighted by molar-refractivity contribution is -0.137. The van der Waals surface area contributed by atoms with Crippen LogP contribution in [0.1, 0.15) is 24.5 Å². The fourth-order valence-electron chi connectivity index (χ4n) is 1.84. The average molecular weight is 266 g/mol. The van der Waals surface area contributed by atoms with Gasteiger partial charge in [0.1, 0.15) is 0 Å². The van der Waals surface area contributed by atoms with Crippen LogP contribution in [0.2, 0.25) is 0 Å². The quantitative estimate of drug-likeness (QED) is 0.617. The van der Waals surface area contributed by atoms with Gasteiger partial charge in [-0.25, -0.2) is 4.79 Å². The van der Waals surface area contributed by atoms with Gasteiger partial charge in [0.05, 0.1) is 11.6 Å². The number of aromatic amines is 1. The number of oxazole rings is 1. The molecule has 0 spiro atoms. The summed E-state index contributed by atoms with van der Waals surface area (Å²) < 4.78 is 4.88. The predicted octanol–water partition coefficient (Wildman–Crippen LogP) is 0.347. The molecule has 102 valence electrons. The minimum Gasteiger partial charge on any atom is -0.481 e. The Balaban J connectivity index is 2.18. The highest BCUT2D eigenvalue weighted by Crippen LogP contribution is 2.22. The summed E-state index contributed by atoms with van der Waals surface area (Å²) in [6, 6.07) is 4.03. The Morgan fingerprint density at radius 1 is 1.47 bits per heavy atom. The van der Waals surface area contributed by atoms with Gasteiger partial charge in [0.2, 0.25) is 0 Å². The Morgan fingerprint density at radius 2 is 2.21 bits per heavy atom. The second-order valence-corrected chi connectivity index (χ2v) is 4.31. The fourth-order valence-corrected chi connectivity index (χ4v) is 1.84. The molecule has 0 bridgehead atoms. The summed E-state index contributed by atoms with van der Waals surface area (Å²) in [6.45, 7) is 0. The Hall–Kier alpha value is -2.12. The first kappa shape index (κ1) is 13.3. The van der Waals surface area contributed by atoms with E-state index < -0.39 is 23.9 Å². The number of rotatable bonds is 5. The molecule has 0 fully saturated rings. The minimum atomic E-state index is -1.01. The number of carbonyl (C=O) groups is 1. The summed E-state index contributed by atoms with van der Waals surface area (Å²) in [5.41, 5.74) is 7.07. The molecule has 0 radical (unpaired) electrons. The van der Waals surface area contributed by atoms with E-state index in [0.29, 0.717) is 16.7 Å². The second-order valence-electron chi connectivity index (χ2n) is 4.31. The molecule has 1 aromatic carbocycles. The van der Waals surface area contributed by atoms with Crippen molar-refractivity contribution in [1.29, 1.82) is 0 Å². The van der Waals surface area contributed by atoms with Crippen LogP contribution in [0.4, 0.5) is 0 Å². The van der Waals surface area contributed by atoms with Gasteiger partial charge in [-0.3, -0.25) is 9.78 Å².